The SMILES string of the molecule is CN1CCN(c2ccc(OC(F)(F)F)c(Nc3nccc(-c4cc(C(N)=O)cn4C)n3)c2)CC1.O=C(O)C(F)(F)F. The quantitative estimate of drug-likeness (QED) is 0.368. The number of aryl methyl sites for hydroxylation is 1. The minimum absolute atomic E-state index is 0.0712. The van der Waals surface area contributed by atoms with Gasteiger partial charge in [0.15, 0.2) is 5.75 Å². The first-order chi connectivity index (χ1) is 19.0. The molecular weight excluding hydrogens is 564 g/mol. The second-order valence-electron chi connectivity index (χ2n) is 8.80. The van der Waals surface area contributed by atoms with Gasteiger partial charge in [-0.3, -0.25) is 4.79 Å². The molecular formula is C24H25F6N7O4. The van der Waals surface area contributed by atoms with Crippen molar-refractivity contribution in [3.05, 3.63) is 48.3 Å². The van der Waals surface area contributed by atoms with E-state index >= 15 is 0 Å². The second kappa shape index (κ2) is 12.3. The van der Waals surface area contributed by atoms with E-state index in [0.717, 1.165) is 31.9 Å². The maximum Gasteiger partial charge on any atom is 0.573 e. The van der Waals surface area contributed by atoms with Crippen LogP contribution in [0.4, 0.5) is 43.7 Å². The van der Waals surface area contributed by atoms with Gasteiger partial charge >= 0.3 is 18.5 Å². The Bertz CT molecular complexity index is 1390. The highest BCUT2D eigenvalue weighted by atomic mass is 19.4. The summed E-state index contributed by atoms with van der Waals surface area (Å²) in [6.07, 6.45) is -6.90. The van der Waals surface area contributed by atoms with Crippen LogP contribution in [0.2, 0.25) is 0 Å². The maximum absolute atomic E-state index is 13.0. The molecule has 17 heteroatoms. The van der Waals surface area contributed by atoms with Gasteiger partial charge in [-0.2, -0.15) is 13.2 Å². The number of halogens is 6. The highest BCUT2D eigenvalue weighted by molar-refractivity contribution is 5.94. The number of carboxylic acid groups (broad SMARTS) is 1. The number of primary amides is 1. The van der Waals surface area contributed by atoms with Gasteiger partial charge in [0.05, 0.1) is 22.6 Å². The minimum atomic E-state index is -5.08. The van der Waals surface area contributed by atoms with Crippen LogP contribution in [0.3, 0.4) is 0 Å². The van der Waals surface area contributed by atoms with Crippen molar-refractivity contribution in [1.82, 2.24) is 19.4 Å². The lowest BCUT2D eigenvalue weighted by molar-refractivity contribution is -0.274. The van der Waals surface area contributed by atoms with Crippen molar-refractivity contribution >= 4 is 29.2 Å². The molecule has 1 fully saturated rings. The Morgan fingerprint density at radius 1 is 1.02 bits per heavy atom. The van der Waals surface area contributed by atoms with Crippen molar-refractivity contribution in [2.45, 2.75) is 12.5 Å². The molecule has 1 saturated heterocycles. The lowest BCUT2D eigenvalue weighted by Gasteiger charge is -2.34. The molecule has 1 amide bonds. The Labute approximate surface area is 229 Å². The zero-order chi connectivity index (χ0) is 30.5. The number of carbonyl (C=O) groups excluding carboxylic acids is 1. The van der Waals surface area contributed by atoms with Gasteiger partial charge in [-0.15, -0.1) is 13.2 Å². The van der Waals surface area contributed by atoms with Crippen LogP contribution < -0.4 is 20.7 Å². The average Bonchev–Trinajstić information content (AvgIpc) is 3.27. The average molecular weight is 589 g/mol. The number of nitrogens with two attached hydrogens (primary N) is 1. The number of alkyl halides is 6. The van der Waals surface area contributed by atoms with E-state index in [4.69, 9.17) is 15.6 Å². The van der Waals surface area contributed by atoms with E-state index in [1.54, 1.807) is 42.1 Å². The van der Waals surface area contributed by atoms with Crippen LogP contribution in [0.25, 0.3) is 11.4 Å². The van der Waals surface area contributed by atoms with Crippen molar-refractivity contribution in [2.75, 3.05) is 43.4 Å². The number of carboxylic acids is 1. The molecule has 2 aromatic heterocycles. The minimum Gasteiger partial charge on any atom is -0.475 e. The largest absolute Gasteiger partial charge is 0.573 e. The molecule has 222 valence electrons. The van der Waals surface area contributed by atoms with E-state index in [1.807, 2.05) is 7.05 Å². The number of aromatic nitrogens is 3. The lowest BCUT2D eigenvalue weighted by Crippen LogP contribution is -2.44. The summed E-state index contributed by atoms with van der Waals surface area (Å²) in [6.45, 7) is 3.19. The molecule has 4 rings (SSSR count). The number of benzene rings is 1. The summed E-state index contributed by atoms with van der Waals surface area (Å²) in [5, 5.41) is 9.98. The van der Waals surface area contributed by atoms with Crippen molar-refractivity contribution in [2.24, 2.45) is 12.8 Å². The van der Waals surface area contributed by atoms with E-state index in [-0.39, 0.29) is 11.6 Å². The molecule has 0 unspecified atom stereocenters. The second-order valence-corrected chi connectivity index (χ2v) is 8.80. The van der Waals surface area contributed by atoms with Gasteiger partial charge < -0.3 is 35.3 Å². The molecule has 0 saturated carbocycles. The molecule has 0 aliphatic carbocycles. The number of nitrogens with one attached hydrogen (secondary N) is 1. The van der Waals surface area contributed by atoms with Crippen LogP contribution in [0.5, 0.6) is 5.75 Å². The summed E-state index contributed by atoms with van der Waals surface area (Å²) in [7, 11) is 3.75. The van der Waals surface area contributed by atoms with Crippen molar-refractivity contribution < 1.29 is 45.8 Å². The Kier molecular flexibility index (Phi) is 9.31. The van der Waals surface area contributed by atoms with E-state index in [9.17, 15) is 31.1 Å². The Balaban J connectivity index is 0.000000587. The van der Waals surface area contributed by atoms with Gasteiger partial charge in [-0.1, -0.05) is 0 Å². The molecule has 11 nitrogen and oxygen atoms in total. The predicted molar refractivity (Wildman–Crippen MR) is 135 cm³/mol. The summed E-state index contributed by atoms with van der Waals surface area (Å²) in [6, 6.07) is 7.68. The zero-order valence-corrected chi connectivity index (χ0v) is 21.6. The fourth-order valence-corrected chi connectivity index (χ4v) is 3.73. The number of anilines is 3. The smallest absolute Gasteiger partial charge is 0.475 e. The van der Waals surface area contributed by atoms with Gasteiger partial charge in [0.1, 0.15) is 0 Å². The number of nitrogens with zero attached hydrogens (tertiary/aromatic N) is 5. The van der Waals surface area contributed by atoms with Crippen LogP contribution in [-0.2, 0) is 11.8 Å². The molecule has 1 aliphatic heterocycles. The summed E-state index contributed by atoms with van der Waals surface area (Å²) in [4.78, 5) is 33.2. The number of rotatable bonds is 6. The van der Waals surface area contributed by atoms with Crippen molar-refractivity contribution in [3.8, 4) is 17.1 Å². The normalized spacial score (nSPS) is 14.2. The molecule has 3 aromatic rings. The highest BCUT2D eigenvalue weighted by Crippen LogP contribution is 2.35. The number of amides is 1. The van der Waals surface area contributed by atoms with Crippen LogP contribution >= 0.6 is 0 Å². The number of piperazine rings is 1. The lowest BCUT2D eigenvalue weighted by atomic mass is 10.2. The summed E-state index contributed by atoms with van der Waals surface area (Å²) in [5.74, 6) is -3.66. The van der Waals surface area contributed by atoms with Gasteiger partial charge in [-0.25, -0.2) is 14.8 Å². The van der Waals surface area contributed by atoms with Crippen molar-refractivity contribution in [3.63, 3.8) is 0 Å². The van der Waals surface area contributed by atoms with E-state index in [0.29, 0.717) is 17.0 Å². The number of hydrogen-bond donors (Lipinski definition) is 3. The number of aliphatic carboxylic acids is 1. The number of ether oxygens (including phenoxy) is 1. The molecule has 1 aliphatic rings. The zero-order valence-electron chi connectivity index (χ0n) is 21.6. The standard InChI is InChI=1S/C22H24F3N7O2.C2HF3O2/c1-30-7-9-32(10-8-30)15-3-4-19(34-22(23,24)25)17(12-15)29-21-27-6-5-16(28-21)18-11-14(20(26)33)13-31(18)2;3-2(4,5)1(6)7/h3-6,11-13H,7-10H2,1-2H3,(H2,26,33)(H,27,28,29);(H,6,7). The van der Waals surface area contributed by atoms with Crippen LogP contribution in [-0.4, -0.2) is 82.2 Å². The molecule has 3 heterocycles. The first-order valence-electron chi connectivity index (χ1n) is 11.7. The first-order valence-corrected chi connectivity index (χ1v) is 11.7. The van der Waals surface area contributed by atoms with Gasteiger partial charge in [0.25, 0.3) is 0 Å². The highest BCUT2D eigenvalue weighted by Gasteiger charge is 2.38. The van der Waals surface area contributed by atoms with Crippen molar-refractivity contribution in [1.29, 1.82) is 0 Å². The van der Waals surface area contributed by atoms with Crippen LogP contribution in [0.1, 0.15) is 10.4 Å². The van der Waals surface area contributed by atoms with E-state index < -0.39 is 30.2 Å². The molecule has 0 atom stereocenters. The number of carbonyl (C=O) groups is 2. The number of likely N-dealkylation sites (N-methyl/N-ethyl adjacent to an activating group) is 1. The fraction of sp³-hybridized carbons (Fsp3) is 0.333. The summed E-state index contributed by atoms with van der Waals surface area (Å²) < 4.78 is 76.7. The third-order valence-corrected chi connectivity index (χ3v) is 5.75. The van der Waals surface area contributed by atoms with E-state index in [2.05, 4.69) is 29.8 Å². The Hall–Kier alpha value is -4.54. The van der Waals surface area contributed by atoms with Gasteiger partial charge in [-0.05, 0) is 37.4 Å². The molecule has 0 bridgehead atoms. The third kappa shape index (κ3) is 8.72. The predicted octanol–water partition coefficient (Wildman–Crippen LogP) is 3.61. The fourth-order valence-electron chi connectivity index (χ4n) is 3.73. The molecule has 0 radical (unpaired) electrons. The molecule has 41 heavy (non-hydrogen) atoms. The van der Waals surface area contributed by atoms with Gasteiger partial charge in [0, 0.05) is 51.3 Å². The van der Waals surface area contributed by atoms with Crippen LogP contribution in [0.15, 0.2) is 42.7 Å². The topological polar surface area (TPSA) is 139 Å². The van der Waals surface area contributed by atoms with E-state index in [1.165, 1.54) is 12.3 Å². The maximum atomic E-state index is 13.0. The summed E-state index contributed by atoms with van der Waals surface area (Å²) in [5.41, 5.74) is 7.55. The Morgan fingerprint density at radius 2 is 1.66 bits per heavy atom. The molecule has 0 spiro atoms. The molecule has 1 aromatic carbocycles. The Morgan fingerprint density at radius 3 is 2.20 bits per heavy atom. The van der Waals surface area contributed by atoms with Gasteiger partial charge in [0.2, 0.25) is 11.9 Å². The number of hydrogen-bond acceptors (Lipinski definition) is 8. The monoisotopic (exact) mass is 589 g/mol. The third-order valence-electron chi connectivity index (χ3n) is 5.75. The summed E-state index contributed by atoms with van der Waals surface area (Å²) >= 11 is 0. The molecule has 4 N–H and O–H groups in total. The first kappa shape index (κ1) is 31.0. The van der Waals surface area contributed by atoms with Crippen LogP contribution in [0, 0.1) is 0 Å².